The maximum atomic E-state index is 12.4. The number of aromatic nitrogens is 2. The number of nitrogens with zero attached hydrogens (tertiary/aromatic N) is 3. The van der Waals surface area contributed by atoms with E-state index < -0.39 is 0 Å². The lowest BCUT2D eigenvalue weighted by molar-refractivity contribution is 0.0697. The van der Waals surface area contributed by atoms with Gasteiger partial charge in [-0.3, -0.25) is 14.8 Å². The van der Waals surface area contributed by atoms with E-state index in [0.717, 1.165) is 43.2 Å². The number of pyridine rings is 2. The average molecular weight is 281 g/mol. The van der Waals surface area contributed by atoms with Gasteiger partial charge >= 0.3 is 0 Å². The van der Waals surface area contributed by atoms with E-state index in [9.17, 15) is 4.79 Å². The summed E-state index contributed by atoms with van der Waals surface area (Å²) < 4.78 is 0. The van der Waals surface area contributed by atoms with Gasteiger partial charge in [-0.1, -0.05) is 13.0 Å². The molecule has 1 amide bonds. The Labute approximate surface area is 124 Å². The molecule has 0 radical (unpaired) electrons. The van der Waals surface area contributed by atoms with Gasteiger partial charge < -0.3 is 4.90 Å². The maximum Gasteiger partial charge on any atom is 0.255 e. The van der Waals surface area contributed by atoms with Crippen molar-refractivity contribution in [2.45, 2.75) is 19.8 Å². The minimum absolute atomic E-state index is 0.0852. The Kier molecular flexibility index (Phi) is 3.95. The highest BCUT2D eigenvalue weighted by Crippen LogP contribution is 2.19. The first-order chi connectivity index (χ1) is 10.2. The maximum absolute atomic E-state index is 12.4. The predicted octanol–water partition coefficient (Wildman–Crippen LogP) is 3.02. The first kappa shape index (κ1) is 13.7. The molecule has 108 valence electrons. The topological polar surface area (TPSA) is 46.1 Å². The smallest absolute Gasteiger partial charge is 0.255 e. The van der Waals surface area contributed by atoms with Crippen molar-refractivity contribution < 1.29 is 4.79 Å². The van der Waals surface area contributed by atoms with Crippen LogP contribution < -0.4 is 0 Å². The Bertz CT molecular complexity index is 602. The first-order valence-electron chi connectivity index (χ1n) is 7.41. The van der Waals surface area contributed by atoms with Gasteiger partial charge in [0.05, 0.1) is 17.0 Å². The SMILES string of the molecule is CC1CCN(C(=O)c2ccc(-c3ccccn3)nc2)CC1. The highest BCUT2D eigenvalue weighted by atomic mass is 16.2. The fraction of sp³-hybridized carbons (Fsp3) is 0.353. The Balaban J connectivity index is 1.73. The zero-order valence-electron chi connectivity index (χ0n) is 12.2. The van der Waals surface area contributed by atoms with Crippen molar-refractivity contribution >= 4 is 5.91 Å². The molecule has 1 fully saturated rings. The van der Waals surface area contributed by atoms with Crippen LogP contribution in [0.25, 0.3) is 11.4 Å². The molecule has 2 aromatic heterocycles. The molecule has 1 saturated heterocycles. The summed E-state index contributed by atoms with van der Waals surface area (Å²) >= 11 is 0. The van der Waals surface area contributed by atoms with Gasteiger partial charge in [0.25, 0.3) is 5.91 Å². The Morgan fingerprint density at radius 1 is 1.10 bits per heavy atom. The summed E-state index contributed by atoms with van der Waals surface area (Å²) in [6.07, 6.45) is 5.58. The van der Waals surface area contributed by atoms with E-state index in [2.05, 4.69) is 16.9 Å². The zero-order valence-corrected chi connectivity index (χ0v) is 12.2. The summed E-state index contributed by atoms with van der Waals surface area (Å²) in [5, 5.41) is 0. The van der Waals surface area contributed by atoms with Crippen LogP contribution in [0.15, 0.2) is 42.7 Å². The third-order valence-corrected chi connectivity index (χ3v) is 4.01. The molecule has 0 saturated carbocycles. The summed E-state index contributed by atoms with van der Waals surface area (Å²) in [4.78, 5) is 23.0. The Morgan fingerprint density at radius 3 is 2.48 bits per heavy atom. The summed E-state index contributed by atoms with van der Waals surface area (Å²) in [6, 6.07) is 9.42. The third-order valence-electron chi connectivity index (χ3n) is 4.01. The molecular weight excluding hydrogens is 262 g/mol. The number of hydrogen-bond donors (Lipinski definition) is 0. The van der Waals surface area contributed by atoms with Crippen molar-refractivity contribution in [2.75, 3.05) is 13.1 Å². The molecule has 0 aliphatic carbocycles. The number of carbonyl (C=O) groups excluding carboxylic acids is 1. The Hall–Kier alpha value is -2.23. The van der Waals surface area contributed by atoms with Gasteiger partial charge in [0.15, 0.2) is 0 Å². The van der Waals surface area contributed by atoms with Gasteiger partial charge in [-0.15, -0.1) is 0 Å². The molecule has 1 aliphatic heterocycles. The molecule has 4 heteroatoms. The van der Waals surface area contributed by atoms with E-state index in [1.165, 1.54) is 0 Å². The molecule has 3 rings (SSSR count). The van der Waals surface area contributed by atoms with Crippen LogP contribution in [-0.4, -0.2) is 33.9 Å². The highest BCUT2D eigenvalue weighted by molar-refractivity contribution is 5.94. The van der Waals surface area contributed by atoms with E-state index >= 15 is 0 Å². The predicted molar refractivity (Wildman–Crippen MR) is 81.8 cm³/mol. The first-order valence-corrected chi connectivity index (χ1v) is 7.41. The quantitative estimate of drug-likeness (QED) is 0.850. The van der Waals surface area contributed by atoms with Gasteiger partial charge in [0, 0.05) is 25.5 Å². The zero-order chi connectivity index (χ0) is 14.7. The molecule has 0 unspecified atom stereocenters. The van der Waals surface area contributed by atoms with Crippen LogP contribution in [0.3, 0.4) is 0 Å². The van der Waals surface area contributed by atoms with E-state index in [-0.39, 0.29) is 5.91 Å². The van der Waals surface area contributed by atoms with Crippen LogP contribution in [0.1, 0.15) is 30.1 Å². The van der Waals surface area contributed by atoms with Crippen molar-refractivity contribution in [3.8, 4) is 11.4 Å². The van der Waals surface area contributed by atoms with Crippen molar-refractivity contribution in [1.29, 1.82) is 0 Å². The second kappa shape index (κ2) is 6.04. The summed E-state index contributed by atoms with van der Waals surface area (Å²) in [5.41, 5.74) is 2.27. The van der Waals surface area contributed by atoms with E-state index in [1.807, 2.05) is 35.2 Å². The molecule has 0 spiro atoms. The standard InChI is InChI=1S/C17H19N3O/c1-13-7-10-20(11-8-13)17(21)14-5-6-16(19-12-14)15-4-2-3-9-18-15/h2-6,9,12-13H,7-8,10-11H2,1H3. The summed E-state index contributed by atoms with van der Waals surface area (Å²) in [6.45, 7) is 3.94. The molecule has 0 N–H and O–H groups in total. The fourth-order valence-corrected chi connectivity index (χ4v) is 2.58. The second-order valence-corrected chi connectivity index (χ2v) is 5.62. The number of piperidine rings is 1. The summed E-state index contributed by atoms with van der Waals surface area (Å²) in [5.74, 6) is 0.806. The normalized spacial score (nSPS) is 16.0. The fourth-order valence-electron chi connectivity index (χ4n) is 2.58. The number of amides is 1. The lowest BCUT2D eigenvalue weighted by atomic mass is 9.99. The van der Waals surface area contributed by atoms with E-state index in [1.54, 1.807) is 12.4 Å². The van der Waals surface area contributed by atoms with Gasteiger partial charge in [0.1, 0.15) is 0 Å². The lowest BCUT2D eigenvalue weighted by Gasteiger charge is -2.30. The molecule has 0 atom stereocenters. The van der Waals surface area contributed by atoms with Gasteiger partial charge in [-0.25, -0.2) is 0 Å². The lowest BCUT2D eigenvalue weighted by Crippen LogP contribution is -2.37. The van der Waals surface area contributed by atoms with Crippen LogP contribution in [0, 0.1) is 5.92 Å². The monoisotopic (exact) mass is 281 g/mol. The van der Waals surface area contributed by atoms with Crippen LogP contribution in [-0.2, 0) is 0 Å². The van der Waals surface area contributed by atoms with E-state index in [0.29, 0.717) is 5.56 Å². The second-order valence-electron chi connectivity index (χ2n) is 5.62. The van der Waals surface area contributed by atoms with E-state index in [4.69, 9.17) is 0 Å². The molecule has 0 bridgehead atoms. The van der Waals surface area contributed by atoms with Crippen molar-refractivity contribution in [2.24, 2.45) is 5.92 Å². The minimum Gasteiger partial charge on any atom is -0.339 e. The molecule has 21 heavy (non-hydrogen) atoms. The van der Waals surface area contributed by atoms with Gasteiger partial charge in [-0.2, -0.15) is 0 Å². The van der Waals surface area contributed by atoms with Crippen LogP contribution >= 0.6 is 0 Å². The molecule has 0 aromatic carbocycles. The third kappa shape index (κ3) is 3.10. The van der Waals surface area contributed by atoms with Crippen LogP contribution in [0.2, 0.25) is 0 Å². The molecule has 2 aromatic rings. The minimum atomic E-state index is 0.0852. The van der Waals surface area contributed by atoms with Crippen LogP contribution in [0.5, 0.6) is 0 Å². The number of hydrogen-bond acceptors (Lipinski definition) is 3. The molecule has 3 heterocycles. The number of carbonyl (C=O) groups is 1. The number of rotatable bonds is 2. The molecule has 4 nitrogen and oxygen atoms in total. The van der Waals surface area contributed by atoms with Gasteiger partial charge in [0.2, 0.25) is 0 Å². The number of likely N-dealkylation sites (tertiary alicyclic amines) is 1. The van der Waals surface area contributed by atoms with Crippen LogP contribution in [0.4, 0.5) is 0 Å². The molecular formula is C17H19N3O. The highest BCUT2D eigenvalue weighted by Gasteiger charge is 2.21. The molecule has 1 aliphatic rings. The van der Waals surface area contributed by atoms with Crippen molar-refractivity contribution in [3.63, 3.8) is 0 Å². The average Bonchev–Trinajstić information content (AvgIpc) is 2.56. The largest absolute Gasteiger partial charge is 0.339 e. The van der Waals surface area contributed by atoms with Crippen molar-refractivity contribution in [1.82, 2.24) is 14.9 Å². The van der Waals surface area contributed by atoms with Gasteiger partial charge in [-0.05, 0) is 43.0 Å². The summed E-state index contributed by atoms with van der Waals surface area (Å²) in [7, 11) is 0. The van der Waals surface area contributed by atoms with Crippen molar-refractivity contribution in [3.05, 3.63) is 48.3 Å². The Morgan fingerprint density at radius 2 is 1.86 bits per heavy atom.